The number of para-hydroxylation sites is 1. The van der Waals surface area contributed by atoms with Gasteiger partial charge in [0.1, 0.15) is 0 Å². The molecule has 0 fully saturated rings. The Hall–Kier alpha value is -3.65. The number of carbonyl (C=O) groups excluding carboxylic acids is 1. The molecule has 0 bridgehead atoms. The van der Waals surface area contributed by atoms with Crippen LogP contribution in [0.25, 0.3) is 11.1 Å². The number of carbonyl (C=O) groups is 1. The molecule has 1 heterocycles. The number of ether oxygens (including phenoxy) is 1. The Morgan fingerprint density at radius 1 is 0.971 bits per heavy atom. The van der Waals surface area contributed by atoms with Gasteiger partial charge in [-0.1, -0.05) is 78.5 Å². The van der Waals surface area contributed by atoms with E-state index >= 15 is 0 Å². The Morgan fingerprint density at radius 3 is 2.38 bits per heavy atom. The van der Waals surface area contributed by atoms with Crippen molar-refractivity contribution in [3.05, 3.63) is 96.1 Å². The summed E-state index contributed by atoms with van der Waals surface area (Å²) in [6.45, 7) is 3.62. The van der Waals surface area contributed by atoms with E-state index in [4.69, 9.17) is 9.15 Å². The van der Waals surface area contributed by atoms with Crippen LogP contribution in [0.1, 0.15) is 37.4 Å². The summed E-state index contributed by atoms with van der Waals surface area (Å²) >= 11 is 1.13. The largest absolute Gasteiger partial charge is 0.478 e. The number of nitrogens with zero attached hydrogens (tertiary/aromatic N) is 2. The maximum absolute atomic E-state index is 13.8. The Morgan fingerprint density at radius 2 is 1.65 bits per heavy atom. The third-order valence-electron chi connectivity index (χ3n) is 5.13. The number of halogens is 1. The summed E-state index contributed by atoms with van der Waals surface area (Å²) in [7, 11) is 0. The van der Waals surface area contributed by atoms with E-state index in [1.54, 1.807) is 19.1 Å². The van der Waals surface area contributed by atoms with E-state index in [1.807, 2.05) is 49.4 Å². The zero-order valence-electron chi connectivity index (χ0n) is 18.8. The summed E-state index contributed by atoms with van der Waals surface area (Å²) < 4.78 is 24.9. The minimum Gasteiger partial charge on any atom is -0.478 e. The molecular weight excluding hydrogens is 453 g/mol. The molecule has 1 aromatic heterocycles. The van der Waals surface area contributed by atoms with Crippen LogP contribution in [-0.4, -0.2) is 21.9 Å². The number of rotatable bonds is 9. The van der Waals surface area contributed by atoms with Gasteiger partial charge in [0.05, 0.1) is 11.8 Å². The molecule has 34 heavy (non-hydrogen) atoms. The molecule has 6 nitrogen and oxygen atoms in total. The summed E-state index contributed by atoms with van der Waals surface area (Å²) in [5.74, 6) is -0.189. The number of hydrogen-bond donors (Lipinski definition) is 1. The van der Waals surface area contributed by atoms with Crippen LogP contribution in [0.15, 0.2) is 88.5 Å². The van der Waals surface area contributed by atoms with Crippen LogP contribution < -0.4 is 10.1 Å². The molecular formula is C26H24FN3O3S. The highest BCUT2D eigenvalue weighted by Gasteiger charge is 2.18. The number of amides is 1. The second kappa shape index (κ2) is 11.0. The van der Waals surface area contributed by atoms with Crippen molar-refractivity contribution in [2.24, 2.45) is 0 Å². The van der Waals surface area contributed by atoms with Gasteiger partial charge in [-0.05, 0) is 42.7 Å². The highest BCUT2D eigenvalue weighted by atomic mass is 32.2. The molecule has 0 aliphatic carbocycles. The fourth-order valence-corrected chi connectivity index (χ4v) is 3.89. The zero-order valence-corrected chi connectivity index (χ0v) is 19.6. The van der Waals surface area contributed by atoms with Gasteiger partial charge in [-0.3, -0.25) is 4.79 Å². The molecule has 0 radical (unpaired) electrons. The van der Waals surface area contributed by atoms with Gasteiger partial charge >= 0.3 is 0 Å². The predicted octanol–water partition coefficient (Wildman–Crippen LogP) is 5.99. The van der Waals surface area contributed by atoms with Crippen LogP contribution in [0.4, 0.5) is 4.39 Å². The van der Waals surface area contributed by atoms with Gasteiger partial charge in [0.15, 0.2) is 17.7 Å². The summed E-state index contributed by atoms with van der Waals surface area (Å²) in [5, 5.41) is 11.1. The molecule has 0 spiro atoms. The molecule has 2 unspecified atom stereocenters. The summed E-state index contributed by atoms with van der Waals surface area (Å²) in [4.78, 5) is 12.4. The SMILES string of the molecule is CC(NC(=O)CSc1nnc(C(C)Oc2ccccc2F)o1)c1ccc(-c2ccccc2)cc1. The smallest absolute Gasteiger partial charge is 0.277 e. The van der Waals surface area contributed by atoms with Gasteiger partial charge in [0.2, 0.25) is 5.91 Å². The minimum absolute atomic E-state index is 0.104. The van der Waals surface area contributed by atoms with Gasteiger partial charge in [-0.15, -0.1) is 10.2 Å². The lowest BCUT2D eigenvalue weighted by Crippen LogP contribution is -2.28. The molecule has 8 heteroatoms. The van der Waals surface area contributed by atoms with Crippen LogP contribution in [-0.2, 0) is 4.79 Å². The molecule has 1 amide bonds. The van der Waals surface area contributed by atoms with Crippen LogP contribution in [0.3, 0.4) is 0 Å². The highest BCUT2D eigenvalue weighted by Crippen LogP contribution is 2.26. The van der Waals surface area contributed by atoms with Crippen molar-refractivity contribution in [2.75, 3.05) is 5.75 Å². The third-order valence-corrected chi connectivity index (χ3v) is 5.95. The van der Waals surface area contributed by atoms with E-state index in [9.17, 15) is 9.18 Å². The summed E-state index contributed by atoms with van der Waals surface area (Å²) in [6, 6.07) is 24.2. The lowest BCUT2D eigenvalue weighted by molar-refractivity contribution is -0.119. The number of aromatic nitrogens is 2. The molecule has 2 atom stereocenters. The van der Waals surface area contributed by atoms with Gasteiger partial charge in [0.25, 0.3) is 11.1 Å². The first-order chi connectivity index (χ1) is 16.5. The first-order valence-corrected chi connectivity index (χ1v) is 11.8. The number of benzene rings is 3. The number of hydrogen-bond acceptors (Lipinski definition) is 6. The Labute approximate surface area is 201 Å². The summed E-state index contributed by atoms with van der Waals surface area (Å²) in [5.41, 5.74) is 3.28. The van der Waals surface area contributed by atoms with Crippen molar-refractivity contribution in [1.82, 2.24) is 15.5 Å². The van der Waals surface area contributed by atoms with Crippen molar-refractivity contribution >= 4 is 17.7 Å². The number of nitrogens with one attached hydrogen (secondary N) is 1. The Bertz CT molecular complexity index is 1230. The second-order valence-electron chi connectivity index (χ2n) is 7.66. The molecule has 0 aliphatic rings. The minimum atomic E-state index is -0.633. The Kier molecular flexibility index (Phi) is 7.59. The monoisotopic (exact) mass is 477 g/mol. The average molecular weight is 478 g/mol. The molecule has 1 N–H and O–H groups in total. The third kappa shape index (κ3) is 6.02. The molecule has 0 aliphatic heterocycles. The van der Waals surface area contributed by atoms with E-state index in [-0.39, 0.29) is 34.6 Å². The summed E-state index contributed by atoms with van der Waals surface area (Å²) in [6.07, 6.45) is -0.633. The van der Waals surface area contributed by atoms with Crippen molar-refractivity contribution < 1.29 is 18.3 Å². The molecule has 174 valence electrons. The van der Waals surface area contributed by atoms with Gasteiger partial charge in [-0.2, -0.15) is 0 Å². The molecule has 0 saturated carbocycles. The van der Waals surface area contributed by atoms with E-state index in [1.165, 1.54) is 12.1 Å². The quantitative estimate of drug-likeness (QED) is 0.299. The van der Waals surface area contributed by atoms with Crippen LogP contribution in [0.2, 0.25) is 0 Å². The second-order valence-corrected chi connectivity index (χ2v) is 8.59. The molecule has 4 rings (SSSR count). The van der Waals surface area contributed by atoms with Gasteiger partial charge in [-0.25, -0.2) is 4.39 Å². The fourth-order valence-electron chi connectivity index (χ4n) is 3.31. The van der Waals surface area contributed by atoms with Crippen molar-refractivity contribution in [3.8, 4) is 16.9 Å². The van der Waals surface area contributed by atoms with E-state index in [0.717, 1.165) is 28.5 Å². The zero-order chi connectivity index (χ0) is 23.9. The van der Waals surface area contributed by atoms with Crippen LogP contribution in [0.5, 0.6) is 5.75 Å². The first-order valence-electron chi connectivity index (χ1n) is 10.8. The van der Waals surface area contributed by atoms with Crippen molar-refractivity contribution in [1.29, 1.82) is 0 Å². The van der Waals surface area contributed by atoms with Gasteiger partial charge in [0, 0.05) is 0 Å². The van der Waals surface area contributed by atoms with Crippen molar-refractivity contribution in [3.63, 3.8) is 0 Å². The average Bonchev–Trinajstić information content (AvgIpc) is 3.34. The van der Waals surface area contributed by atoms with E-state index in [0.29, 0.717) is 0 Å². The maximum Gasteiger partial charge on any atom is 0.277 e. The van der Waals surface area contributed by atoms with Crippen molar-refractivity contribution in [2.45, 2.75) is 31.2 Å². The maximum atomic E-state index is 13.8. The standard InChI is InChI=1S/C26H24FN3O3S/c1-17(19-12-14-21(15-13-19)20-8-4-3-5-9-20)28-24(31)16-34-26-30-29-25(33-26)18(2)32-23-11-7-6-10-22(23)27/h3-15,17-18H,16H2,1-2H3,(H,28,31). The van der Waals surface area contributed by atoms with Gasteiger partial charge < -0.3 is 14.5 Å². The molecule has 3 aromatic carbocycles. The Balaban J connectivity index is 1.27. The molecule has 0 saturated heterocycles. The van der Waals surface area contributed by atoms with Crippen LogP contribution >= 0.6 is 11.8 Å². The lowest BCUT2D eigenvalue weighted by Gasteiger charge is -2.14. The van der Waals surface area contributed by atoms with E-state index in [2.05, 4.69) is 27.6 Å². The van der Waals surface area contributed by atoms with Crippen LogP contribution in [0, 0.1) is 5.82 Å². The predicted molar refractivity (Wildman–Crippen MR) is 129 cm³/mol. The molecule has 4 aromatic rings. The topological polar surface area (TPSA) is 77.2 Å². The first kappa shape index (κ1) is 23.5. The normalized spacial score (nSPS) is 12.7. The van der Waals surface area contributed by atoms with E-state index < -0.39 is 11.9 Å². The lowest BCUT2D eigenvalue weighted by atomic mass is 10.0. The number of thioether (sulfide) groups is 1. The fraction of sp³-hybridized carbons (Fsp3) is 0.192. The highest BCUT2D eigenvalue weighted by molar-refractivity contribution is 7.99.